The van der Waals surface area contributed by atoms with Crippen LogP contribution in [0, 0.1) is 5.82 Å². The van der Waals surface area contributed by atoms with E-state index in [9.17, 15) is 9.18 Å². The highest BCUT2D eigenvalue weighted by molar-refractivity contribution is 5.83. The van der Waals surface area contributed by atoms with Crippen LogP contribution in [0.25, 0.3) is 22.2 Å². The number of rotatable bonds is 6. The van der Waals surface area contributed by atoms with Gasteiger partial charge in [0.2, 0.25) is 0 Å². The molecule has 0 aliphatic carbocycles. The quantitative estimate of drug-likeness (QED) is 0.546. The molecule has 0 fully saturated rings. The van der Waals surface area contributed by atoms with E-state index < -0.39 is 0 Å². The van der Waals surface area contributed by atoms with Crippen LogP contribution < -0.4 is 15.2 Å². The van der Waals surface area contributed by atoms with Crippen molar-refractivity contribution in [1.29, 1.82) is 0 Å². The van der Waals surface area contributed by atoms with Gasteiger partial charge < -0.3 is 14.5 Å². The van der Waals surface area contributed by atoms with Crippen LogP contribution in [0.1, 0.15) is 0 Å². The second kappa shape index (κ2) is 7.60. The van der Waals surface area contributed by atoms with Crippen LogP contribution in [0.15, 0.2) is 71.5 Å². The summed E-state index contributed by atoms with van der Waals surface area (Å²) in [6.45, 7) is 0.784. The van der Waals surface area contributed by atoms with E-state index in [1.54, 1.807) is 17.7 Å². The van der Waals surface area contributed by atoms with E-state index in [0.717, 1.165) is 16.8 Å². The van der Waals surface area contributed by atoms with Gasteiger partial charge in [0.15, 0.2) is 0 Å². The summed E-state index contributed by atoms with van der Waals surface area (Å²) >= 11 is 0. The number of aromatic nitrogens is 2. The fraction of sp³-hybridized carbons (Fsp3) is 0.136. The van der Waals surface area contributed by atoms with Crippen LogP contribution in [0.3, 0.4) is 0 Å². The van der Waals surface area contributed by atoms with Gasteiger partial charge in [-0.3, -0.25) is 4.57 Å². The van der Waals surface area contributed by atoms with E-state index in [4.69, 9.17) is 9.47 Å². The predicted molar refractivity (Wildman–Crippen MR) is 106 cm³/mol. The van der Waals surface area contributed by atoms with Gasteiger partial charge in [0.1, 0.15) is 23.9 Å². The molecule has 0 bridgehead atoms. The zero-order valence-corrected chi connectivity index (χ0v) is 15.3. The molecule has 0 saturated heterocycles. The number of hydrogen-bond donors (Lipinski definition) is 1. The van der Waals surface area contributed by atoms with Gasteiger partial charge in [0.05, 0.1) is 24.7 Å². The Morgan fingerprint density at radius 1 is 1.04 bits per heavy atom. The van der Waals surface area contributed by atoms with Crippen LogP contribution in [-0.4, -0.2) is 23.3 Å². The summed E-state index contributed by atoms with van der Waals surface area (Å²) < 4.78 is 26.3. The second-order valence-corrected chi connectivity index (χ2v) is 6.32. The molecule has 0 aliphatic heterocycles. The number of nitrogens with one attached hydrogen (secondary N) is 1. The SMILES string of the molecule is COc1ccc(F)cc1-c1ccc2c(c1)[nH]c(=O)n2CCOc1ccccc1. The molecule has 0 atom stereocenters. The third kappa shape index (κ3) is 3.49. The van der Waals surface area contributed by atoms with Crippen LogP contribution in [0.2, 0.25) is 0 Å². The number of H-pyrrole nitrogens is 1. The first-order valence-corrected chi connectivity index (χ1v) is 8.90. The molecule has 1 N–H and O–H groups in total. The van der Waals surface area contributed by atoms with Gasteiger partial charge in [0, 0.05) is 5.56 Å². The molecule has 0 unspecified atom stereocenters. The van der Waals surface area contributed by atoms with Crippen molar-refractivity contribution < 1.29 is 13.9 Å². The van der Waals surface area contributed by atoms with Crippen molar-refractivity contribution in [3.05, 3.63) is 83.0 Å². The molecule has 0 spiro atoms. The maximum absolute atomic E-state index is 13.7. The van der Waals surface area contributed by atoms with Crippen molar-refractivity contribution in [3.63, 3.8) is 0 Å². The molecular weight excluding hydrogens is 359 g/mol. The number of aromatic amines is 1. The highest BCUT2D eigenvalue weighted by Crippen LogP contribution is 2.32. The molecule has 28 heavy (non-hydrogen) atoms. The summed E-state index contributed by atoms with van der Waals surface area (Å²) in [5.74, 6) is 0.981. The number of ether oxygens (including phenoxy) is 2. The molecule has 0 amide bonds. The number of para-hydroxylation sites is 1. The Balaban J connectivity index is 1.62. The van der Waals surface area contributed by atoms with Gasteiger partial charge in [-0.2, -0.15) is 0 Å². The van der Waals surface area contributed by atoms with E-state index in [2.05, 4.69) is 4.98 Å². The highest BCUT2D eigenvalue weighted by Gasteiger charge is 2.12. The van der Waals surface area contributed by atoms with Gasteiger partial charge in [-0.1, -0.05) is 24.3 Å². The highest BCUT2D eigenvalue weighted by atomic mass is 19.1. The van der Waals surface area contributed by atoms with E-state index in [-0.39, 0.29) is 11.5 Å². The number of fused-ring (bicyclic) bond motifs is 1. The van der Waals surface area contributed by atoms with Crippen LogP contribution in [0.4, 0.5) is 4.39 Å². The molecule has 0 aliphatic rings. The van der Waals surface area contributed by atoms with Gasteiger partial charge in [0.25, 0.3) is 0 Å². The topological polar surface area (TPSA) is 56.2 Å². The Bertz CT molecular complexity index is 1170. The minimum absolute atomic E-state index is 0.213. The van der Waals surface area contributed by atoms with Crippen LogP contribution >= 0.6 is 0 Å². The minimum atomic E-state index is -0.347. The van der Waals surface area contributed by atoms with Crippen molar-refractivity contribution in [2.45, 2.75) is 6.54 Å². The average Bonchev–Trinajstić information content (AvgIpc) is 3.03. The smallest absolute Gasteiger partial charge is 0.326 e. The minimum Gasteiger partial charge on any atom is -0.496 e. The number of methoxy groups -OCH3 is 1. The lowest BCUT2D eigenvalue weighted by Gasteiger charge is -2.10. The summed E-state index contributed by atoms with van der Waals surface area (Å²) in [6.07, 6.45) is 0. The number of nitrogens with zero attached hydrogens (tertiary/aromatic N) is 1. The summed E-state index contributed by atoms with van der Waals surface area (Å²) in [7, 11) is 1.54. The first-order valence-electron chi connectivity index (χ1n) is 8.90. The van der Waals surface area contributed by atoms with Crippen molar-refractivity contribution in [3.8, 4) is 22.6 Å². The third-order valence-electron chi connectivity index (χ3n) is 4.57. The largest absolute Gasteiger partial charge is 0.496 e. The second-order valence-electron chi connectivity index (χ2n) is 6.32. The summed E-state index contributed by atoms with van der Waals surface area (Å²) in [5.41, 5.74) is 2.62. The fourth-order valence-corrected chi connectivity index (χ4v) is 3.23. The first-order chi connectivity index (χ1) is 13.7. The average molecular weight is 378 g/mol. The van der Waals surface area contributed by atoms with Crippen molar-refractivity contribution in [2.24, 2.45) is 0 Å². The number of halogens is 1. The lowest BCUT2D eigenvalue weighted by Crippen LogP contribution is -2.20. The van der Waals surface area contributed by atoms with E-state index in [1.165, 1.54) is 12.1 Å². The molecule has 142 valence electrons. The maximum atomic E-state index is 13.7. The van der Waals surface area contributed by atoms with E-state index >= 15 is 0 Å². The molecule has 3 aromatic carbocycles. The Hall–Kier alpha value is -3.54. The molecule has 0 radical (unpaired) electrons. The lowest BCUT2D eigenvalue weighted by molar-refractivity contribution is 0.298. The Morgan fingerprint density at radius 3 is 2.64 bits per heavy atom. The zero-order valence-electron chi connectivity index (χ0n) is 15.3. The molecule has 0 saturated carbocycles. The van der Waals surface area contributed by atoms with E-state index in [0.29, 0.717) is 30.0 Å². The molecule has 1 heterocycles. The van der Waals surface area contributed by atoms with Crippen molar-refractivity contribution in [2.75, 3.05) is 13.7 Å². The lowest BCUT2D eigenvalue weighted by atomic mass is 10.0. The van der Waals surface area contributed by atoms with Crippen molar-refractivity contribution >= 4 is 11.0 Å². The Labute approximate surface area is 161 Å². The molecule has 1 aromatic heterocycles. The van der Waals surface area contributed by atoms with Crippen LogP contribution in [-0.2, 0) is 6.54 Å². The monoisotopic (exact) mass is 378 g/mol. The van der Waals surface area contributed by atoms with Crippen molar-refractivity contribution in [1.82, 2.24) is 9.55 Å². The summed E-state index contributed by atoms with van der Waals surface area (Å²) in [5, 5.41) is 0. The van der Waals surface area contributed by atoms with Gasteiger partial charge in [-0.05, 0) is 48.0 Å². The first kappa shape index (κ1) is 17.9. The molecular formula is C22H19FN2O3. The Kier molecular flexibility index (Phi) is 4.85. The fourth-order valence-electron chi connectivity index (χ4n) is 3.23. The predicted octanol–water partition coefficient (Wildman–Crippen LogP) is 4.22. The zero-order chi connectivity index (χ0) is 19.5. The molecule has 4 rings (SSSR count). The van der Waals surface area contributed by atoms with Gasteiger partial charge >= 0.3 is 5.69 Å². The Morgan fingerprint density at radius 2 is 1.86 bits per heavy atom. The molecule has 4 aromatic rings. The number of imidazole rings is 1. The number of hydrogen-bond acceptors (Lipinski definition) is 3. The summed E-state index contributed by atoms with van der Waals surface area (Å²) in [6, 6.07) is 19.3. The van der Waals surface area contributed by atoms with E-state index in [1.807, 2.05) is 48.5 Å². The normalized spacial score (nSPS) is 10.9. The third-order valence-corrected chi connectivity index (χ3v) is 4.57. The van der Waals surface area contributed by atoms with Crippen LogP contribution in [0.5, 0.6) is 11.5 Å². The molecule has 5 nitrogen and oxygen atoms in total. The van der Waals surface area contributed by atoms with Gasteiger partial charge in [-0.15, -0.1) is 0 Å². The maximum Gasteiger partial charge on any atom is 0.326 e. The number of benzene rings is 3. The summed E-state index contributed by atoms with van der Waals surface area (Å²) in [4.78, 5) is 15.2. The molecule has 6 heteroatoms. The standard InChI is InChI=1S/C22H19FN2O3/c1-27-21-10-8-16(23)14-18(21)15-7-9-20-19(13-15)24-22(26)25(20)11-12-28-17-5-3-2-4-6-17/h2-10,13-14H,11-12H2,1H3,(H,24,26). The van der Waals surface area contributed by atoms with Gasteiger partial charge in [-0.25, -0.2) is 9.18 Å².